The molecule has 7 heteroatoms. The molecule has 3 rings (SSSR count). The van der Waals surface area contributed by atoms with Gasteiger partial charge in [-0.25, -0.2) is 9.78 Å². The molecule has 3 amide bonds. The minimum atomic E-state index is -0.526. The van der Waals surface area contributed by atoms with E-state index in [9.17, 15) is 9.59 Å². The van der Waals surface area contributed by atoms with Gasteiger partial charge in [0.25, 0.3) is 5.91 Å². The van der Waals surface area contributed by atoms with Crippen molar-refractivity contribution < 1.29 is 9.59 Å². The Hall–Kier alpha value is -2.46. The first-order valence-corrected chi connectivity index (χ1v) is 6.79. The average Bonchev–Trinajstić information content (AvgIpc) is 3.12. The van der Waals surface area contributed by atoms with Crippen LogP contribution in [0.15, 0.2) is 18.2 Å². The monoisotopic (exact) mass is 286 g/mol. The molecule has 0 saturated carbocycles. The first-order valence-electron chi connectivity index (χ1n) is 5.97. The zero-order valence-corrected chi connectivity index (χ0v) is 11.4. The summed E-state index contributed by atoms with van der Waals surface area (Å²) in [6, 6.07) is 6.13. The molecular formula is C13H10N4O2S. The predicted octanol–water partition coefficient (Wildman–Crippen LogP) is 1.66. The van der Waals surface area contributed by atoms with Crippen molar-refractivity contribution in [1.29, 1.82) is 5.26 Å². The second kappa shape index (κ2) is 4.58. The maximum absolute atomic E-state index is 12.0. The first-order chi connectivity index (χ1) is 9.58. The molecular weight excluding hydrogens is 276 g/mol. The number of benzene rings is 1. The lowest BCUT2D eigenvalue weighted by molar-refractivity contribution is 0.0960. The largest absolute Gasteiger partial charge is 0.325 e. The first kappa shape index (κ1) is 12.6. The van der Waals surface area contributed by atoms with Crippen LogP contribution in [0.2, 0.25) is 0 Å². The molecule has 1 atom stereocenters. The Kier molecular flexibility index (Phi) is 2.88. The van der Waals surface area contributed by atoms with Gasteiger partial charge >= 0.3 is 6.03 Å². The van der Waals surface area contributed by atoms with Crippen molar-refractivity contribution in [2.75, 3.05) is 6.54 Å². The number of urea groups is 1. The molecule has 1 unspecified atom stereocenters. The number of hydrogen-bond donors (Lipinski definition) is 1. The van der Waals surface area contributed by atoms with Crippen LogP contribution < -0.4 is 5.32 Å². The molecule has 6 nitrogen and oxygen atoms in total. The molecule has 2 aromatic rings. The van der Waals surface area contributed by atoms with Gasteiger partial charge in [-0.15, -0.1) is 11.3 Å². The highest BCUT2D eigenvalue weighted by molar-refractivity contribution is 7.18. The zero-order valence-electron chi connectivity index (χ0n) is 10.6. The van der Waals surface area contributed by atoms with E-state index < -0.39 is 18.0 Å². The van der Waals surface area contributed by atoms with Crippen LogP contribution in [0.25, 0.3) is 10.2 Å². The van der Waals surface area contributed by atoms with E-state index in [2.05, 4.69) is 10.3 Å². The number of thiazole rings is 1. The molecule has 1 aliphatic heterocycles. The molecule has 1 aliphatic rings. The highest BCUT2D eigenvalue weighted by atomic mass is 32.1. The Morgan fingerprint density at radius 3 is 3.05 bits per heavy atom. The molecule has 1 fully saturated rings. The van der Waals surface area contributed by atoms with Crippen molar-refractivity contribution in [3.63, 3.8) is 0 Å². The predicted molar refractivity (Wildman–Crippen MR) is 73.3 cm³/mol. The number of nitrogens with one attached hydrogen (secondary N) is 1. The topological polar surface area (TPSA) is 85.9 Å². The molecule has 1 aromatic heterocycles. The van der Waals surface area contributed by atoms with Gasteiger partial charge in [-0.1, -0.05) is 0 Å². The van der Waals surface area contributed by atoms with E-state index in [-0.39, 0.29) is 0 Å². The molecule has 20 heavy (non-hydrogen) atoms. The molecule has 1 saturated heterocycles. The Balaban J connectivity index is 1.75. The molecule has 0 spiro atoms. The van der Waals surface area contributed by atoms with Crippen LogP contribution in [0.5, 0.6) is 0 Å². The number of aromatic nitrogens is 1. The van der Waals surface area contributed by atoms with Gasteiger partial charge < -0.3 is 4.90 Å². The summed E-state index contributed by atoms with van der Waals surface area (Å²) in [5, 5.41) is 11.8. The van der Waals surface area contributed by atoms with E-state index in [4.69, 9.17) is 5.26 Å². The molecule has 2 heterocycles. The number of carbonyl (C=O) groups excluding carboxylic acids is 2. The van der Waals surface area contributed by atoms with Crippen LogP contribution in [-0.2, 0) is 0 Å². The molecule has 0 bridgehead atoms. The van der Waals surface area contributed by atoms with Crippen LogP contribution in [0.1, 0.15) is 15.4 Å². The number of carbonyl (C=O) groups is 2. The van der Waals surface area contributed by atoms with Crippen molar-refractivity contribution in [1.82, 2.24) is 15.2 Å². The third-order valence-corrected chi connectivity index (χ3v) is 3.93. The number of fused-ring (bicyclic) bond motifs is 1. The van der Waals surface area contributed by atoms with Crippen molar-refractivity contribution >= 4 is 33.5 Å². The summed E-state index contributed by atoms with van der Waals surface area (Å²) in [7, 11) is 0. The van der Waals surface area contributed by atoms with E-state index in [0.29, 0.717) is 12.1 Å². The summed E-state index contributed by atoms with van der Waals surface area (Å²) < 4.78 is 0.907. The van der Waals surface area contributed by atoms with Crippen LogP contribution in [-0.4, -0.2) is 34.4 Å². The second-order valence-corrected chi connectivity index (χ2v) is 5.71. The van der Waals surface area contributed by atoms with Crippen LogP contribution in [0.3, 0.4) is 0 Å². The average molecular weight is 286 g/mol. The fourth-order valence-corrected chi connectivity index (χ4v) is 2.76. The molecule has 0 radical (unpaired) electrons. The highest BCUT2D eigenvalue weighted by Crippen LogP contribution is 2.22. The number of nitriles is 1. The lowest BCUT2D eigenvalue weighted by Gasteiger charge is -2.04. The summed E-state index contributed by atoms with van der Waals surface area (Å²) in [6.07, 6.45) is 0. The molecule has 100 valence electrons. The van der Waals surface area contributed by atoms with E-state index in [0.717, 1.165) is 15.2 Å². The van der Waals surface area contributed by atoms with E-state index in [1.165, 1.54) is 16.2 Å². The second-order valence-electron chi connectivity index (χ2n) is 4.47. The normalized spacial score (nSPS) is 16.8. The summed E-state index contributed by atoms with van der Waals surface area (Å²) in [6.45, 7) is 2.28. The van der Waals surface area contributed by atoms with Crippen molar-refractivity contribution in [2.45, 2.75) is 13.0 Å². The van der Waals surface area contributed by atoms with Crippen molar-refractivity contribution in [3.8, 4) is 6.07 Å². The van der Waals surface area contributed by atoms with Gasteiger partial charge in [0.05, 0.1) is 27.8 Å². The standard InChI is InChI=1S/C13H10N4O2S/c1-7-15-10-3-2-8(4-11(10)20-7)12(18)16-13(19)17-6-9(17)5-14/h2-4,9H,6H2,1H3,(H,16,18,19). The number of hydrogen-bond acceptors (Lipinski definition) is 5. The smallest absolute Gasteiger partial charge is 0.303 e. The number of nitrogens with zero attached hydrogens (tertiary/aromatic N) is 3. The van der Waals surface area contributed by atoms with Crippen LogP contribution >= 0.6 is 11.3 Å². The summed E-state index contributed by atoms with van der Waals surface area (Å²) in [4.78, 5) is 29.2. The Morgan fingerprint density at radius 1 is 1.55 bits per heavy atom. The van der Waals surface area contributed by atoms with Gasteiger partial charge in [-0.05, 0) is 25.1 Å². The number of rotatable bonds is 1. The van der Waals surface area contributed by atoms with E-state index >= 15 is 0 Å². The zero-order chi connectivity index (χ0) is 14.3. The van der Waals surface area contributed by atoms with Gasteiger partial charge in [0, 0.05) is 5.56 Å². The minimum Gasteiger partial charge on any atom is -0.303 e. The van der Waals surface area contributed by atoms with Gasteiger partial charge in [0.2, 0.25) is 0 Å². The Bertz CT molecular complexity index is 761. The number of imide groups is 1. The third-order valence-electron chi connectivity index (χ3n) is 3.00. The third kappa shape index (κ3) is 2.21. The lowest BCUT2D eigenvalue weighted by atomic mass is 10.2. The van der Waals surface area contributed by atoms with Gasteiger partial charge in [-0.3, -0.25) is 10.1 Å². The fraction of sp³-hybridized carbons (Fsp3) is 0.231. The number of amides is 3. The van der Waals surface area contributed by atoms with Crippen LogP contribution in [0.4, 0.5) is 4.79 Å². The number of aryl methyl sites for hydroxylation is 1. The van der Waals surface area contributed by atoms with Gasteiger partial charge in [-0.2, -0.15) is 5.26 Å². The van der Waals surface area contributed by atoms with Crippen molar-refractivity contribution in [2.24, 2.45) is 0 Å². The molecule has 0 aliphatic carbocycles. The van der Waals surface area contributed by atoms with Crippen LogP contribution in [0, 0.1) is 18.3 Å². The van der Waals surface area contributed by atoms with E-state index in [1.807, 2.05) is 13.0 Å². The summed E-state index contributed by atoms with van der Waals surface area (Å²) in [5.74, 6) is -0.466. The quantitative estimate of drug-likeness (QED) is 0.808. The summed E-state index contributed by atoms with van der Waals surface area (Å²) >= 11 is 1.50. The minimum absolute atomic E-state index is 0.378. The highest BCUT2D eigenvalue weighted by Gasteiger charge is 2.39. The molecule has 1 aromatic carbocycles. The summed E-state index contributed by atoms with van der Waals surface area (Å²) in [5.41, 5.74) is 1.25. The lowest BCUT2D eigenvalue weighted by Crippen LogP contribution is -2.34. The Labute approximate surface area is 118 Å². The maximum Gasteiger partial charge on any atom is 0.325 e. The SMILES string of the molecule is Cc1nc2ccc(C(=O)NC(=O)N3CC3C#N)cc2s1. The van der Waals surface area contributed by atoms with Gasteiger partial charge in [0.1, 0.15) is 6.04 Å². The molecule has 1 N–H and O–H groups in total. The fourth-order valence-electron chi connectivity index (χ4n) is 1.90. The van der Waals surface area contributed by atoms with Gasteiger partial charge in [0.15, 0.2) is 0 Å². The van der Waals surface area contributed by atoms with Crippen molar-refractivity contribution in [3.05, 3.63) is 28.8 Å². The van der Waals surface area contributed by atoms with E-state index in [1.54, 1.807) is 18.2 Å². The Morgan fingerprint density at radius 2 is 2.35 bits per heavy atom. The maximum atomic E-state index is 12.0.